The maximum absolute atomic E-state index is 13.4. The van der Waals surface area contributed by atoms with Crippen LogP contribution >= 0.6 is 0 Å². The number of piperidine rings is 1. The van der Waals surface area contributed by atoms with Crippen LogP contribution in [0, 0.1) is 11.6 Å². The number of aromatic nitrogens is 2. The van der Waals surface area contributed by atoms with Crippen molar-refractivity contribution < 1.29 is 23.2 Å². The van der Waals surface area contributed by atoms with E-state index in [1.165, 1.54) is 12.4 Å². The minimum absolute atomic E-state index is 0.102. The van der Waals surface area contributed by atoms with E-state index in [4.69, 9.17) is 0 Å². The Kier molecular flexibility index (Phi) is 7.06. The summed E-state index contributed by atoms with van der Waals surface area (Å²) in [5.74, 6) is -3.64. The number of nitrogens with zero attached hydrogens (tertiary/aromatic N) is 3. The molecule has 1 saturated heterocycles. The van der Waals surface area contributed by atoms with Gasteiger partial charge in [-0.25, -0.2) is 23.5 Å². The van der Waals surface area contributed by atoms with E-state index in [-0.39, 0.29) is 29.1 Å². The first-order chi connectivity index (χ1) is 14.9. The van der Waals surface area contributed by atoms with Crippen LogP contribution in [-0.4, -0.2) is 58.4 Å². The zero-order valence-electron chi connectivity index (χ0n) is 16.8. The van der Waals surface area contributed by atoms with E-state index in [0.29, 0.717) is 32.5 Å². The Morgan fingerprint density at radius 3 is 2.45 bits per heavy atom. The van der Waals surface area contributed by atoms with Gasteiger partial charge in [-0.05, 0) is 38.0 Å². The van der Waals surface area contributed by atoms with Gasteiger partial charge in [0.2, 0.25) is 0 Å². The molecule has 2 heterocycles. The first kappa shape index (κ1) is 22.1. The molecule has 2 aromatic rings. The third-order valence-electron chi connectivity index (χ3n) is 4.77. The first-order valence-corrected chi connectivity index (χ1v) is 9.80. The molecule has 1 aromatic heterocycles. The molecule has 1 aromatic carbocycles. The van der Waals surface area contributed by atoms with Gasteiger partial charge in [0.05, 0.1) is 0 Å². The summed E-state index contributed by atoms with van der Waals surface area (Å²) < 4.78 is 26.5. The smallest absolute Gasteiger partial charge is 0.317 e. The maximum atomic E-state index is 13.4. The second-order valence-electron chi connectivity index (χ2n) is 6.91. The van der Waals surface area contributed by atoms with Gasteiger partial charge in [0.25, 0.3) is 11.8 Å². The first-order valence-electron chi connectivity index (χ1n) is 9.80. The summed E-state index contributed by atoms with van der Waals surface area (Å²) >= 11 is 0. The monoisotopic (exact) mass is 432 g/mol. The lowest BCUT2D eigenvalue weighted by Crippen LogP contribution is -2.49. The summed E-state index contributed by atoms with van der Waals surface area (Å²) in [7, 11) is 0. The fourth-order valence-corrected chi connectivity index (χ4v) is 3.16. The molecule has 164 valence electrons. The number of likely N-dealkylation sites (tertiary alicyclic amines) is 1. The number of rotatable bonds is 5. The van der Waals surface area contributed by atoms with Crippen molar-refractivity contribution in [1.29, 1.82) is 0 Å². The Morgan fingerprint density at radius 1 is 1.06 bits per heavy atom. The van der Waals surface area contributed by atoms with E-state index in [9.17, 15) is 23.2 Å². The zero-order chi connectivity index (χ0) is 22.4. The Morgan fingerprint density at radius 2 is 1.77 bits per heavy atom. The summed E-state index contributed by atoms with van der Waals surface area (Å²) in [6.45, 7) is 3.38. The van der Waals surface area contributed by atoms with Gasteiger partial charge in [0, 0.05) is 43.6 Å². The average Bonchev–Trinajstić information content (AvgIpc) is 2.76. The van der Waals surface area contributed by atoms with Gasteiger partial charge in [-0.3, -0.25) is 9.59 Å². The second kappa shape index (κ2) is 9.92. The molecule has 0 bridgehead atoms. The van der Waals surface area contributed by atoms with Crippen molar-refractivity contribution in [3.05, 3.63) is 53.5 Å². The van der Waals surface area contributed by atoms with Gasteiger partial charge in [-0.15, -0.1) is 0 Å². The number of hydrogen-bond acceptors (Lipinski definition) is 5. The van der Waals surface area contributed by atoms with Crippen molar-refractivity contribution in [2.75, 3.05) is 25.0 Å². The van der Waals surface area contributed by atoms with Crippen molar-refractivity contribution in [3.63, 3.8) is 0 Å². The molecule has 1 aliphatic heterocycles. The van der Waals surface area contributed by atoms with Gasteiger partial charge in [0.15, 0.2) is 23.1 Å². The Balaban J connectivity index is 1.63. The fourth-order valence-electron chi connectivity index (χ4n) is 3.16. The largest absolute Gasteiger partial charge is 0.348 e. The van der Waals surface area contributed by atoms with Crippen molar-refractivity contribution >= 4 is 23.7 Å². The van der Waals surface area contributed by atoms with E-state index >= 15 is 0 Å². The van der Waals surface area contributed by atoms with E-state index in [1.807, 2.05) is 6.92 Å². The third-order valence-corrected chi connectivity index (χ3v) is 4.77. The minimum atomic E-state index is -1.16. The van der Waals surface area contributed by atoms with Crippen molar-refractivity contribution in [2.45, 2.75) is 25.8 Å². The van der Waals surface area contributed by atoms with Gasteiger partial charge < -0.3 is 20.9 Å². The van der Waals surface area contributed by atoms with Crippen LogP contribution in [0.25, 0.3) is 0 Å². The quantitative estimate of drug-likeness (QED) is 0.668. The number of urea groups is 1. The van der Waals surface area contributed by atoms with Gasteiger partial charge in [-0.1, -0.05) is 0 Å². The fraction of sp³-hybridized carbons (Fsp3) is 0.350. The topological polar surface area (TPSA) is 116 Å². The third kappa shape index (κ3) is 5.50. The van der Waals surface area contributed by atoms with Crippen LogP contribution in [0.3, 0.4) is 0 Å². The summed E-state index contributed by atoms with van der Waals surface area (Å²) in [6.07, 6.45) is 3.74. The molecule has 4 amide bonds. The average molecular weight is 432 g/mol. The van der Waals surface area contributed by atoms with Crippen molar-refractivity contribution in [3.8, 4) is 0 Å². The Bertz CT molecular complexity index is 979. The molecule has 0 unspecified atom stereocenters. The van der Waals surface area contributed by atoms with Crippen molar-refractivity contribution in [2.24, 2.45) is 0 Å². The van der Waals surface area contributed by atoms with Crippen LogP contribution in [0.2, 0.25) is 0 Å². The molecule has 0 radical (unpaired) electrons. The highest BCUT2D eigenvalue weighted by Crippen LogP contribution is 2.15. The van der Waals surface area contributed by atoms with Crippen LogP contribution in [0.5, 0.6) is 0 Å². The summed E-state index contributed by atoms with van der Waals surface area (Å²) in [5.41, 5.74) is -0.238. The van der Waals surface area contributed by atoms with Crippen LogP contribution in [0.4, 0.5) is 19.4 Å². The van der Waals surface area contributed by atoms with E-state index in [0.717, 1.165) is 18.2 Å². The van der Waals surface area contributed by atoms with Crippen LogP contribution in [0.1, 0.15) is 40.6 Å². The number of amides is 4. The number of carbonyl (C=O) groups excluding carboxylic acids is 3. The molecule has 0 aliphatic carbocycles. The van der Waals surface area contributed by atoms with Gasteiger partial charge in [-0.2, -0.15) is 0 Å². The normalized spacial score (nSPS) is 14.1. The maximum Gasteiger partial charge on any atom is 0.317 e. The molecule has 3 N–H and O–H groups in total. The lowest BCUT2D eigenvalue weighted by atomic mass is 10.1. The molecule has 31 heavy (non-hydrogen) atoms. The highest BCUT2D eigenvalue weighted by molar-refractivity contribution is 6.07. The predicted octanol–water partition coefficient (Wildman–Crippen LogP) is 1.93. The number of carbonyl (C=O) groups is 3. The van der Waals surface area contributed by atoms with Gasteiger partial charge in [0.1, 0.15) is 0 Å². The standard InChI is InChI=1S/C20H22F2N6O3/c1-2-23-20(31)28-9-5-13(6-10-28)26-19(30)16-17(25-8-7-24-16)27-18(29)12-3-4-14(21)15(22)11-12/h3-4,7-8,11,13H,2,5-6,9-10H2,1H3,(H,23,31)(H,26,30)(H,25,27,29). The zero-order valence-corrected chi connectivity index (χ0v) is 16.8. The lowest BCUT2D eigenvalue weighted by molar-refractivity contribution is 0.0913. The van der Waals surface area contributed by atoms with Crippen LogP contribution in [0.15, 0.2) is 30.6 Å². The summed E-state index contributed by atoms with van der Waals surface area (Å²) in [4.78, 5) is 46.6. The molecule has 1 fully saturated rings. The molecular formula is C20H22F2N6O3. The molecule has 1 aliphatic rings. The number of benzene rings is 1. The molecule has 0 atom stereocenters. The predicted molar refractivity (Wildman–Crippen MR) is 107 cm³/mol. The minimum Gasteiger partial charge on any atom is -0.348 e. The van der Waals surface area contributed by atoms with E-state index in [1.54, 1.807) is 4.90 Å². The summed E-state index contributed by atoms with van der Waals surface area (Å²) in [5, 5.41) is 7.98. The molecular weight excluding hydrogens is 410 g/mol. The number of anilines is 1. The van der Waals surface area contributed by atoms with Gasteiger partial charge >= 0.3 is 6.03 Å². The number of hydrogen-bond donors (Lipinski definition) is 3. The molecule has 9 nitrogen and oxygen atoms in total. The Hall–Kier alpha value is -3.63. The van der Waals surface area contributed by atoms with Crippen LogP contribution in [-0.2, 0) is 0 Å². The molecule has 0 spiro atoms. The molecule has 0 saturated carbocycles. The highest BCUT2D eigenvalue weighted by Gasteiger charge is 2.25. The second-order valence-corrected chi connectivity index (χ2v) is 6.91. The number of halogens is 2. The highest BCUT2D eigenvalue weighted by atomic mass is 19.2. The van der Waals surface area contributed by atoms with E-state index < -0.39 is 23.4 Å². The molecule has 3 rings (SSSR count). The van der Waals surface area contributed by atoms with Crippen molar-refractivity contribution in [1.82, 2.24) is 25.5 Å². The molecule has 11 heteroatoms. The number of nitrogens with one attached hydrogen (secondary N) is 3. The van der Waals surface area contributed by atoms with Crippen LogP contribution < -0.4 is 16.0 Å². The van der Waals surface area contributed by atoms with E-state index in [2.05, 4.69) is 25.9 Å². The lowest BCUT2D eigenvalue weighted by Gasteiger charge is -2.32. The summed E-state index contributed by atoms with van der Waals surface area (Å²) in [6, 6.07) is 2.40. The Labute approximate surface area is 177 Å². The SMILES string of the molecule is CCNC(=O)N1CCC(NC(=O)c2nccnc2NC(=O)c2ccc(F)c(F)c2)CC1.